The third kappa shape index (κ3) is 4.35. The van der Waals surface area contributed by atoms with E-state index >= 15 is 0 Å². The van der Waals surface area contributed by atoms with Gasteiger partial charge in [-0.1, -0.05) is 27.2 Å². The van der Waals surface area contributed by atoms with Gasteiger partial charge < -0.3 is 14.2 Å². The molecule has 1 aliphatic rings. The van der Waals surface area contributed by atoms with Crippen LogP contribution in [0.1, 0.15) is 36.9 Å². The second-order valence-electron chi connectivity index (χ2n) is 5.91. The van der Waals surface area contributed by atoms with Gasteiger partial charge in [0.05, 0.1) is 18.9 Å². The number of amides is 1. The molecule has 6 nitrogen and oxygen atoms in total. The molecule has 1 saturated heterocycles. The van der Waals surface area contributed by atoms with Gasteiger partial charge in [-0.2, -0.15) is 4.98 Å². The van der Waals surface area contributed by atoms with Gasteiger partial charge in [-0.15, -0.1) is 0 Å². The molecule has 0 spiro atoms. The van der Waals surface area contributed by atoms with Gasteiger partial charge in [0, 0.05) is 17.6 Å². The maximum Gasteiger partial charge on any atom is 0.231 e. The monoisotopic (exact) mass is 393 g/mol. The Morgan fingerprint density at radius 2 is 2.38 bits per heavy atom. The van der Waals surface area contributed by atoms with Crippen LogP contribution < -0.4 is 4.74 Å². The maximum absolute atomic E-state index is 12.4. The molecule has 1 unspecified atom stereocenters. The lowest BCUT2D eigenvalue weighted by Gasteiger charge is -2.31. The summed E-state index contributed by atoms with van der Waals surface area (Å²) in [5.41, 5.74) is 0. The van der Waals surface area contributed by atoms with Gasteiger partial charge in [0.2, 0.25) is 11.8 Å². The summed E-state index contributed by atoms with van der Waals surface area (Å²) >= 11 is 3.40. The lowest BCUT2D eigenvalue weighted by atomic mass is 9.98. The third-order valence-corrected chi connectivity index (χ3v) is 4.54. The molecule has 7 heteroatoms. The number of aryl methyl sites for hydroxylation is 1. The minimum atomic E-state index is 0.103. The zero-order valence-corrected chi connectivity index (χ0v) is 15.2. The van der Waals surface area contributed by atoms with E-state index in [1.807, 2.05) is 29.2 Å². The van der Waals surface area contributed by atoms with Gasteiger partial charge >= 0.3 is 0 Å². The van der Waals surface area contributed by atoms with Crippen molar-refractivity contribution in [2.45, 2.75) is 32.1 Å². The van der Waals surface area contributed by atoms with Crippen LogP contribution in [0.2, 0.25) is 0 Å². The minimum Gasteiger partial charge on any atom is -0.493 e. The fraction of sp³-hybridized carbons (Fsp3) is 0.471. The van der Waals surface area contributed by atoms with E-state index in [9.17, 15) is 4.79 Å². The molecule has 24 heavy (non-hydrogen) atoms. The van der Waals surface area contributed by atoms with Crippen LogP contribution in [-0.4, -0.2) is 40.6 Å². The van der Waals surface area contributed by atoms with E-state index < -0.39 is 0 Å². The molecule has 3 rings (SSSR count). The zero-order chi connectivity index (χ0) is 16.9. The summed E-state index contributed by atoms with van der Waals surface area (Å²) in [6, 6.07) is 7.61. The van der Waals surface area contributed by atoms with E-state index in [2.05, 4.69) is 26.1 Å². The minimum absolute atomic E-state index is 0.103. The van der Waals surface area contributed by atoms with E-state index in [0.717, 1.165) is 29.6 Å². The number of likely N-dealkylation sites (tertiary alicyclic amines) is 1. The Hall–Kier alpha value is -1.89. The number of benzene rings is 1. The average molecular weight is 394 g/mol. The number of aromatic nitrogens is 2. The molecule has 0 aliphatic carbocycles. The van der Waals surface area contributed by atoms with E-state index in [1.165, 1.54) is 0 Å². The number of nitrogens with zero attached hydrogens (tertiary/aromatic N) is 3. The number of halogens is 1. The number of carbonyl (C=O) groups excluding carboxylic acids is 1. The summed E-state index contributed by atoms with van der Waals surface area (Å²) in [4.78, 5) is 18.6. The molecule has 128 valence electrons. The van der Waals surface area contributed by atoms with Crippen LogP contribution in [-0.2, 0) is 4.79 Å². The summed E-state index contributed by atoms with van der Waals surface area (Å²) in [7, 11) is 0. The highest BCUT2D eigenvalue weighted by Gasteiger charge is 2.28. The van der Waals surface area contributed by atoms with Crippen molar-refractivity contribution in [2.24, 2.45) is 0 Å². The molecule has 0 saturated carbocycles. The molecular weight excluding hydrogens is 374 g/mol. The number of hydrogen-bond acceptors (Lipinski definition) is 5. The fourth-order valence-electron chi connectivity index (χ4n) is 2.86. The summed E-state index contributed by atoms with van der Waals surface area (Å²) in [5.74, 6) is 2.27. The Balaban J connectivity index is 1.49. The van der Waals surface area contributed by atoms with Crippen LogP contribution in [0.5, 0.6) is 5.75 Å². The van der Waals surface area contributed by atoms with Gasteiger partial charge in [-0.25, -0.2) is 0 Å². The van der Waals surface area contributed by atoms with Crippen molar-refractivity contribution in [1.82, 2.24) is 15.0 Å². The SMILES string of the molecule is Cc1noc(C2CCCN(C(=O)CCOc3cccc(Br)c3)C2)n1. The lowest BCUT2D eigenvalue weighted by molar-refractivity contribution is -0.133. The van der Waals surface area contributed by atoms with Gasteiger partial charge in [0.25, 0.3) is 0 Å². The predicted octanol–water partition coefficient (Wildman–Crippen LogP) is 3.32. The van der Waals surface area contributed by atoms with Crippen molar-refractivity contribution < 1.29 is 14.1 Å². The van der Waals surface area contributed by atoms with Crippen molar-refractivity contribution in [1.29, 1.82) is 0 Å². The molecule has 1 aromatic carbocycles. The fourth-order valence-corrected chi connectivity index (χ4v) is 3.23. The number of rotatable bonds is 5. The van der Waals surface area contributed by atoms with E-state index in [1.54, 1.807) is 6.92 Å². The van der Waals surface area contributed by atoms with Crippen molar-refractivity contribution >= 4 is 21.8 Å². The van der Waals surface area contributed by atoms with Crippen molar-refractivity contribution in [3.05, 3.63) is 40.5 Å². The molecule has 1 atom stereocenters. The van der Waals surface area contributed by atoms with E-state index in [0.29, 0.717) is 31.3 Å². The number of ether oxygens (including phenoxy) is 1. The Morgan fingerprint density at radius 3 is 3.12 bits per heavy atom. The standard InChI is InChI=1S/C17H20BrN3O3/c1-12-19-17(24-20-12)13-4-3-8-21(11-13)16(22)7-9-23-15-6-2-5-14(18)10-15/h2,5-6,10,13H,3-4,7-9,11H2,1H3. The third-order valence-electron chi connectivity index (χ3n) is 4.05. The topological polar surface area (TPSA) is 68.5 Å². The zero-order valence-electron chi connectivity index (χ0n) is 13.6. The average Bonchev–Trinajstić information content (AvgIpc) is 3.01. The van der Waals surface area contributed by atoms with Gasteiger partial charge in [-0.05, 0) is 38.0 Å². The summed E-state index contributed by atoms with van der Waals surface area (Å²) in [6.45, 7) is 3.59. The number of piperidine rings is 1. The van der Waals surface area contributed by atoms with Crippen LogP contribution in [0.15, 0.2) is 33.3 Å². The van der Waals surface area contributed by atoms with Gasteiger partial charge in [-0.3, -0.25) is 4.79 Å². The Labute approximate surface area is 149 Å². The first-order valence-electron chi connectivity index (χ1n) is 8.08. The van der Waals surface area contributed by atoms with Crippen LogP contribution >= 0.6 is 15.9 Å². The van der Waals surface area contributed by atoms with E-state index in [4.69, 9.17) is 9.26 Å². The van der Waals surface area contributed by atoms with Crippen LogP contribution in [0.25, 0.3) is 0 Å². The molecule has 0 radical (unpaired) electrons. The van der Waals surface area contributed by atoms with Crippen molar-refractivity contribution in [3.8, 4) is 5.75 Å². The second kappa shape index (κ2) is 7.79. The Kier molecular flexibility index (Phi) is 5.50. The molecule has 1 amide bonds. The summed E-state index contributed by atoms with van der Waals surface area (Å²) in [6.07, 6.45) is 2.28. The number of hydrogen-bond donors (Lipinski definition) is 0. The molecule has 1 aliphatic heterocycles. The Morgan fingerprint density at radius 1 is 1.50 bits per heavy atom. The first-order chi connectivity index (χ1) is 11.6. The smallest absolute Gasteiger partial charge is 0.231 e. The van der Waals surface area contributed by atoms with Gasteiger partial charge in [0.1, 0.15) is 5.75 Å². The highest BCUT2D eigenvalue weighted by Crippen LogP contribution is 2.26. The molecule has 0 N–H and O–H groups in total. The summed E-state index contributed by atoms with van der Waals surface area (Å²) in [5, 5.41) is 3.84. The molecular formula is C17H20BrN3O3. The molecule has 2 heterocycles. The van der Waals surface area contributed by atoms with Crippen LogP contribution in [0.4, 0.5) is 0 Å². The highest BCUT2D eigenvalue weighted by atomic mass is 79.9. The van der Waals surface area contributed by atoms with Crippen molar-refractivity contribution in [3.63, 3.8) is 0 Å². The first-order valence-corrected chi connectivity index (χ1v) is 8.87. The molecule has 1 aromatic heterocycles. The van der Waals surface area contributed by atoms with E-state index in [-0.39, 0.29) is 11.8 Å². The number of carbonyl (C=O) groups is 1. The quantitative estimate of drug-likeness (QED) is 0.778. The second-order valence-corrected chi connectivity index (χ2v) is 6.83. The summed E-state index contributed by atoms with van der Waals surface area (Å²) < 4.78 is 11.9. The van der Waals surface area contributed by atoms with Crippen molar-refractivity contribution in [2.75, 3.05) is 19.7 Å². The molecule has 0 bridgehead atoms. The predicted molar refractivity (Wildman–Crippen MR) is 91.8 cm³/mol. The first kappa shape index (κ1) is 17.0. The Bertz CT molecular complexity index is 704. The van der Waals surface area contributed by atoms with Crippen LogP contribution in [0.3, 0.4) is 0 Å². The highest BCUT2D eigenvalue weighted by molar-refractivity contribution is 9.10. The maximum atomic E-state index is 12.4. The normalized spacial score (nSPS) is 17.8. The van der Waals surface area contributed by atoms with Gasteiger partial charge in [0.15, 0.2) is 5.82 Å². The lowest BCUT2D eigenvalue weighted by Crippen LogP contribution is -2.39. The van der Waals surface area contributed by atoms with Crippen LogP contribution in [0, 0.1) is 6.92 Å². The molecule has 2 aromatic rings. The molecule has 1 fully saturated rings. The largest absolute Gasteiger partial charge is 0.493 e.